The number of carbonyl (C=O) groups excluding carboxylic acids is 1. The lowest BCUT2D eigenvalue weighted by Crippen LogP contribution is -2.53. The van der Waals surface area contributed by atoms with Crippen LogP contribution in [-0.2, 0) is 11.8 Å². The highest BCUT2D eigenvalue weighted by atomic mass is 19.1. The van der Waals surface area contributed by atoms with Gasteiger partial charge in [-0.2, -0.15) is 0 Å². The standard InChI is InChI=1S/C19H28FN5O2/c1-11-6-16-15(8-14(11)21)23-17(24(16)5)25-9-12(20)7-13(10-25)22-18(26)27-19(2,3)4/h6,8,12-13H,7,9-10,21H2,1-5H3,(H,22,26)/t12-,13-/m1/s1. The van der Waals surface area contributed by atoms with Gasteiger partial charge in [0.25, 0.3) is 0 Å². The first-order chi connectivity index (χ1) is 12.5. The number of anilines is 2. The van der Waals surface area contributed by atoms with E-state index in [1.165, 1.54) is 0 Å². The molecule has 0 bridgehead atoms. The monoisotopic (exact) mass is 377 g/mol. The van der Waals surface area contributed by atoms with Crippen molar-refractivity contribution in [3.05, 3.63) is 17.7 Å². The van der Waals surface area contributed by atoms with Crippen molar-refractivity contribution in [2.45, 2.75) is 51.9 Å². The minimum absolute atomic E-state index is 0.234. The average Bonchev–Trinajstić information content (AvgIpc) is 2.82. The Morgan fingerprint density at radius 3 is 2.74 bits per heavy atom. The third kappa shape index (κ3) is 4.26. The van der Waals surface area contributed by atoms with Crippen LogP contribution in [0.3, 0.4) is 0 Å². The number of nitrogens with zero attached hydrogens (tertiary/aromatic N) is 3. The predicted molar refractivity (Wildman–Crippen MR) is 105 cm³/mol. The number of nitrogen functional groups attached to an aromatic ring is 1. The van der Waals surface area contributed by atoms with Crippen molar-refractivity contribution in [2.24, 2.45) is 7.05 Å². The summed E-state index contributed by atoms with van der Waals surface area (Å²) in [6.45, 7) is 8.03. The first-order valence-electron chi connectivity index (χ1n) is 9.14. The number of amides is 1. The van der Waals surface area contributed by atoms with Crippen LogP contribution in [0.1, 0.15) is 32.8 Å². The van der Waals surface area contributed by atoms with E-state index < -0.39 is 17.9 Å². The smallest absolute Gasteiger partial charge is 0.407 e. The van der Waals surface area contributed by atoms with Crippen molar-refractivity contribution < 1.29 is 13.9 Å². The molecule has 1 aromatic carbocycles. The van der Waals surface area contributed by atoms with Crippen LogP contribution < -0.4 is 16.0 Å². The molecule has 1 aromatic heterocycles. The molecule has 3 N–H and O–H groups in total. The van der Waals surface area contributed by atoms with Gasteiger partial charge in [0.05, 0.1) is 23.6 Å². The molecule has 1 aliphatic heterocycles. The van der Waals surface area contributed by atoms with E-state index >= 15 is 0 Å². The molecule has 2 atom stereocenters. The van der Waals surface area contributed by atoms with Crippen LogP contribution in [0.4, 0.5) is 20.8 Å². The summed E-state index contributed by atoms with van der Waals surface area (Å²) in [6.07, 6.45) is -1.34. The largest absolute Gasteiger partial charge is 0.444 e. The SMILES string of the molecule is Cc1cc2c(cc1N)nc(N1C[C@H](F)C[C@@H](NC(=O)OC(C)(C)C)C1)n2C. The molecule has 0 radical (unpaired) electrons. The Morgan fingerprint density at radius 1 is 1.37 bits per heavy atom. The second-order valence-corrected chi connectivity index (χ2v) is 8.25. The lowest BCUT2D eigenvalue weighted by molar-refractivity contribution is 0.0490. The lowest BCUT2D eigenvalue weighted by Gasteiger charge is -2.35. The van der Waals surface area contributed by atoms with E-state index in [0.29, 0.717) is 18.2 Å². The van der Waals surface area contributed by atoms with Gasteiger partial charge in [-0.15, -0.1) is 0 Å². The number of ether oxygens (including phenoxy) is 1. The molecule has 1 saturated heterocycles. The lowest BCUT2D eigenvalue weighted by atomic mass is 10.0. The molecule has 1 fully saturated rings. The summed E-state index contributed by atoms with van der Waals surface area (Å²) < 4.78 is 21.6. The van der Waals surface area contributed by atoms with Gasteiger partial charge in [0, 0.05) is 25.7 Å². The highest BCUT2D eigenvalue weighted by Gasteiger charge is 2.31. The van der Waals surface area contributed by atoms with E-state index in [0.717, 1.165) is 16.6 Å². The second-order valence-electron chi connectivity index (χ2n) is 8.25. The van der Waals surface area contributed by atoms with Gasteiger partial charge in [-0.05, 0) is 45.4 Å². The van der Waals surface area contributed by atoms with Crippen molar-refractivity contribution in [3.8, 4) is 0 Å². The number of alkyl halides is 1. The van der Waals surface area contributed by atoms with Gasteiger partial charge in [-0.1, -0.05) is 0 Å². The molecular formula is C19H28FN5O2. The number of aromatic nitrogens is 2. The zero-order valence-corrected chi connectivity index (χ0v) is 16.5. The molecular weight excluding hydrogens is 349 g/mol. The molecule has 8 heteroatoms. The third-order valence-electron chi connectivity index (χ3n) is 4.65. The molecule has 27 heavy (non-hydrogen) atoms. The number of hydrogen-bond donors (Lipinski definition) is 2. The number of hydrogen-bond acceptors (Lipinski definition) is 5. The minimum Gasteiger partial charge on any atom is -0.444 e. The number of nitrogens with two attached hydrogens (primary N) is 1. The highest BCUT2D eigenvalue weighted by Crippen LogP contribution is 2.28. The van der Waals surface area contributed by atoms with Crippen LogP contribution in [0.15, 0.2) is 12.1 Å². The molecule has 0 saturated carbocycles. The van der Waals surface area contributed by atoms with E-state index in [1.807, 2.05) is 35.6 Å². The summed E-state index contributed by atoms with van der Waals surface area (Å²) in [5.74, 6) is 0.660. The fourth-order valence-corrected chi connectivity index (χ4v) is 3.41. The summed E-state index contributed by atoms with van der Waals surface area (Å²) in [5.41, 5.74) is 8.76. The number of piperidine rings is 1. The van der Waals surface area contributed by atoms with E-state index in [9.17, 15) is 9.18 Å². The highest BCUT2D eigenvalue weighted by molar-refractivity contribution is 5.83. The minimum atomic E-state index is -1.06. The van der Waals surface area contributed by atoms with Crippen molar-refractivity contribution in [3.63, 3.8) is 0 Å². The predicted octanol–water partition coefficient (Wildman–Crippen LogP) is 2.91. The molecule has 7 nitrogen and oxygen atoms in total. The fraction of sp³-hybridized carbons (Fsp3) is 0.579. The van der Waals surface area contributed by atoms with Gasteiger partial charge in [0.2, 0.25) is 5.95 Å². The molecule has 1 amide bonds. The van der Waals surface area contributed by atoms with Gasteiger partial charge in [0.1, 0.15) is 11.8 Å². The second kappa shape index (κ2) is 6.90. The zero-order chi connectivity index (χ0) is 19.9. The number of rotatable bonds is 2. The number of imidazole rings is 1. The van der Waals surface area contributed by atoms with Gasteiger partial charge in [-0.3, -0.25) is 0 Å². The van der Waals surface area contributed by atoms with Crippen LogP contribution in [0.2, 0.25) is 0 Å². The number of carbonyl (C=O) groups is 1. The van der Waals surface area contributed by atoms with E-state index in [2.05, 4.69) is 10.3 Å². The maximum absolute atomic E-state index is 14.4. The van der Waals surface area contributed by atoms with E-state index in [1.54, 1.807) is 20.8 Å². The van der Waals surface area contributed by atoms with E-state index in [-0.39, 0.29) is 19.0 Å². The Morgan fingerprint density at radius 2 is 2.07 bits per heavy atom. The summed E-state index contributed by atoms with van der Waals surface area (Å²) in [5, 5.41) is 2.78. The van der Waals surface area contributed by atoms with Gasteiger partial charge in [0.15, 0.2) is 0 Å². The Hall–Kier alpha value is -2.51. The van der Waals surface area contributed by atoms with Crippen LogP contribution in [-0.4, -0.2) is 46.5 Å². The Kier molecular flexibility index (Phi) is 4.92. The topological polar surface area (TPSA) is 85.4 Å². The molecule has 2 heterocycles. The molecule has 0 unspecified atom stereocenters. The molecule has 0 spiro atoms. The van der Waals surface area contributed by atoms with Crippen molar-refractivity contribution in [1.29, 1.82) is 0 Å². The molecule has 3 rings (SSSR count). The Labute approximate surface area is 158 Å². The molecule has 0 aliphatic carbocycles. The molecule has 2 aromatic rings. The summed E-state index contributed by atoms with van der Waals surface area (Å²) >= 11 is 0. The van der Waals surface area contributed by atoms with E-state index in [4.69, 9.17) is 10.5 Å². The summed E-state index contributed by atoms with van der Waals surface area (Å²) in [6, 6.07) is 3.46. The van der Waals surface area contributed by atoms with Crippen molar-refractivity contribution >= 4 is 28.8 Å². The third-order valence-corrected chi connectivity index (χ3v) is 4.65. The van der Waals surface area contributed by atoms with Gasteiger partial charge < -0.3 is 25.3 Å². The first kappa shape index (κ1) is 19.3. The van der Waals surface area contributed by atoms with Gasteiger partial charge in [-0.25, -0.2) is 14.2 Å². The van der Waals surface area contributed by atoms with Crippen LogP contribution in [0.5, 0.6) is 0 Å². The quantitative estimate of drug-likeness (QED) is 0.786. The average molecular weight is 377 g/mol. The Balaban J connectivity index is 1.81. The summed E-state index contributed by atoms with van der Waals surface area (Å²) in [7, 11) is 1.90. The normalized spacial score (nSPS) is 20.7. The number of fused-ring (bicyclic) bond motifs is 1. The van der Waals surface area contributed by atoms with Crippen molar-refractivity contribution in [1.82, 2.24) is 14.9 Å². The van der Waals surface area contributed by atoms with Crippen LogP contribution in [0.25, 0.3) is 11.0 Å². The number of halogens is 1. The molecule has 1 aliphatic rings. The molecule has 148 valence electrons. The van der Waals surface area contributed by atoms with Crippen LogP contribution in [0, 0.1) is 6.92 Å². The summed E-state index contributed by atoms with van der Waals surface area (Å²) in [4.78, 5) is 18.6. The maximum atomic E-state index is 14.4. The zero-order valence-electron chi connectivity index (χ0n) is 16.5. The Bertz CT molecular complexity index is 858. The maximum Gasteiger partial charge on any atom is 0.407 e. The number of benzene rings is 1. The first-order valence-corrected chi connectivity index (χ1v) is 9.14. The van der Waals surface area contributed by atoms with Gasteiger partial charge >= 0.3 is 6.09 Å². The number of alkyl carbamates (subject to hydrolysis) is 1. The number of nitrogens with one attached hydrogen (secondary N) is 1. The van der Waals surface area contributed by atoms with Crippen LogP contribution >= 0.6 is 0 Å². The number of aryl methyl sites for hydroxylation is 2. The van der Waals surface area contributed by atoms with Crippen molar-refractivity contribution in [2.75, 3.05) is 23.7 Å². The fourth-order valence-electron chi connectivity index (χ4n) is 3.41.